The Morgan fingerprint density at radius 1 is 0.724 bits per heavy atom. The van der Waals surface area contributed by atoms with Crippen molar-refractivity contribution in [2.45, 2.75) is 71.1 Å². The second kappa shape index (κ2) is 22.5. The minimum Gasteiger partial charge on any atom is -0.481 e. The molecule has 0 bridgehead atoms. The molecule has 0 aliphatic carbocycles. The fraction of sp³-hybridized carbons (Fsp3) is 0.520. The van der Waals surface area contributed by atoms with E-state index in [1.165, 1.54) is 11.8 Å². The van der Waals surface area contributed by atoms with E-state index in [1.54, 1.807) is 0 Å². The number of rotatable bonds is 19. The van der Waals surface area contributed by atoms with E-state index in [2.05, 4.69) is 67.7 Å². The highest BCUT2D eigenvalue weighted by Gasteiger charge is 2.02. The SMILES string of the molecule is CC/C=C\C/C=C\C/C=C\C/C=C\C/C=C\CCCC(=O)CCCSCC(=O)O. The molecule has 0 aliphatic heterocycles. The molecule has 0 aromatic rings. The van der Waals surface area contributed by atoms with Gasteiger partial charge in [0, 0.05) is 12.8 Å². The van der Waals surface area contributed by atoms with Gasteiger partial charge in [0.1, 0.15) is 5.78 Å². The van der Waals surface area contributed by atoms with Crippen LogP contribution in [0.4, 0.5) is 0 Å². The van der Waals surface area contributed by atoms with Crippen molar-refractivity contribution < 1.29 is 14.7 Å². The summed E-state index contributed by atoms with van der Waals surface area (Å²) in [5, 5.41) is 8.53. The molecule has 1 N–H and O–H groups in total. The van der Waals surface area contributed by atoms with Crippen LogP contribution < -0.4 is 0 Å². The number of unbranched alkanes of at least 4 members (excludes halogenated alkanes) is 1. The molecular formula is C25H38O3S. The second-order valence-corrected chi connectivity index (χ2v) is 7.79. The van der Waals surface area contributed by atoms with E-state index in [-0.39, 0.29) is 11.5 Å². The highest BCUT2D eigenvalue weighted by molar-refractivity contribution is 7.99. The van der Waals surface area contributed by atoms with Gasteiger partial charge < -0.3 is 5.11 Å². The highest BCUT2D eigenvalue weighted by Crippen LogP contribution is 2.08. The molecule has 0 fully saturated rings. The number of hydrogen-bond donors (Lipinski definition) is 1. The van der Waals surface area contributed by atoms with Gasteiger partial charge in [-0.2, -0.15) is 11.8 Å². The van der Waals surface area contributed by atoms with Crippen LogP contribution in [0.2, 0.25) is 0 Å². The third-order valence-corrected chi connectivity index (χ3v) is 4.98. The van der Waals surface area contributed by atoms with Gasteiger partial charge in [0.15, 0.2) is 0 Å². The number of carboxylic acids is 1. The first-order valence-corrected chi connectivity index (χ1v) is 11.9. The molecule has 0 spiro atoms. The van der Waals surface area contributed by atoms with Crippen LogP contribution in [0.1, 0.15) is 71.1 Å². The van der Waals surface area contributed by atoms with Gasteiger partial charge in [0.05, 0.1) is 5.75 Å². The summed E-state index contributed by atoms with van der Waals surface area (Å²) in [5.74, 6) is 0.358. The Bertz CT molecular complexity index is 556. The average Bonchev–Trinajstić information content (AvgIpc) is 2.69. The molecule has 3 nitrogen and oxygen atoms in total. The molecule has 0 aromatic heterocycles. The lowest BCUT2D eigenvalue weighted by Crippen LogP contribution is -2.01. The molecule has 0 saturated heterocycles. The lowest BCUT2D eigenvalue weighted by atomic mass is 10.1. The van der Waals surface area contributed by atoms with Gasteiger partial charge in [-0.3, -0.25) is 9.59 Å². The van der Waals surface area contributed by atoms with Crippen LogP contribution in [0.5, 0.6) is 0 Å². The molecule has 29 heavy (non-hydrogen) atoms. The predicted molar refractivity (Wildman–Crippen MR) is 128 cm³/mol. The normalized spacial score (nSPS) is 12.4. The van der Waals surface area contributed by atoms with Gasteiger partial charge in [0.2, 0.25) is 0 Å². The fourth-order valence-electron chi connectivity index (χ4n) is 2.44. The molecule has 0 radical (unpaired) electrons. The molecule has 0 unspecified atom stereocenters. The lowest BCUT2D eigenvalue weighted by molar-refractivity contribution is -0.133. The van der Waals surface area contributed by atoms with E-state index < -0.39 is 5.97 Å². The zero-order chi connectivity index (χ0) is 21.4. The molecule has 0 atom stereocenters. The first-order chi connectivity index (χ1) is 14.2. The fourth-order valence-corrected chi connectivity index (χ4v) is 3.11. The third-order valence-electron chi connectivity index (χ3n) is 3.95. The van der Waals surface area contributed by atoms with Crippen molar-refractivity contribution in [1.29, 1.82) is 0 Å². The summed E-state index contributed by atoms with van der Waals surface area (Å²) >= 11 is 1.38. The average molecular weight is 419 g/mol. The second-order valence-electron chi connectivity index (χ2n) is 6.69. The molecule has 0 aliphatic rings. The molecule has 0 aromatic carbocycles. The number of thioether (sulfide) groups is 1. The maximum Gasteiger partial charge on any atom is 0.313 e. The number of carbonyl (C=O) groups excluding carboxylic acids is 1. The summed E-state index contributed by atoms with van der Waals surface area (Å²) in [5.41, 5.74) is 0. The van der Waals surface area contributed by atoms with Crippen LogP contribution in [0, 0.1) is 0 Å². The van der Waals surface area contributed by atoms with Crippen molar-refractivity contribution in [2.75, 3.05) is 11.5 Å². The van der Waals surface area contributed by atoms with Crippen LogP contribution in [-0.2, 0) is 9.59 Å². The lowest BCUT2D eigenvalue weighted by Gasteiger charge is -1.99. The molecule has 0 amide bonds. The number of carbonyl (C=O) groups is 2. The molecule has 0 heterocycles. The van der Waals surface area contributed by atoms with Gasteiger partial charge >= 0.3 is 5.97 Å². The third kappa shape index (κ3) is 24.2. The van der Waals surface area contributed by atoms with Gasteiger partial charge in [0.25, 0.3) is 0 Å². The Balaban J connectivity index is 3.50. The van der Waals surface area contributed by atoms with Crippen molar-refractivity contribution in [3.8, 4) is 0 Å². The topological polar surface area (TPSA) is 54.4 Å². The van der Waals surface area contributed by atoms with Crippen molar-refractivity contribution in [3.05, 3.63) is 60.8 Å². The van der Waals surface area contributed by atoms with E-state index in [4.69, 9.17) is 5.11 Å². The van der Waals surface area contributed by atoms with Crippen molar-refractivity contribution >= 4 is 23.5 Å². The largest absolute Gasteiger partial charge is 0.481 e. The summed E-state index contributed by atoms with van der Waals surface area (Å²) < 4.78 is 0. The van der Waals surface area contributed by atoms with E-state index >= 15 is 0 Å². The number of Topliss-reactive ketones (excluding diaryl/α,β-unsaturated/α-hetero) is 1. The maximum absolute atomic E-state index is 11.7. The number of ketones is 1. The quantitative estimate of drug-likeness (QED) is 0.180. The van der Waals surface area contributed by atoms with Crippen molar-refractivity contribution in [3.63, 3.8) is 0 Å². The Morgan fingerprint density at radius 3 is 1.72 bits per heavy atom. The molecule has 4 heteroatoms. The number of carboxylic acid groups (broad SMARTS) is 1. The standard InChI is InChI=1S/C25H38O3S/c1-2-3-4-5-6-7-8-9-10-11-12-13-14-15-16-17-18-20-24(26)21-19-22-29-23-25(27)28/h3-4,6-7,9-10,12-13,15-16H,2,5,8,11,14,17-23H2,1H3,(H,27,28)/b4-3-,7-6-,10-9-,13-12-,16-15-. The van der Waals surface area contributed by atoms with E-state index in [9.17, 15) is 9.59 Å². The molecule has 0 rings (SSSR count). The van der Waals surface area contributed by atoms with E-state index in [1.807, 2.05) is 0 Å². The minimum absolute atomic E-state index is 0.123. The van der Waals surface area contributed by atoms with Gasteiger partial charge in [-0.1, -0.05) is 67.7 Å². The smallest absolute Gasteiger partial charge is 0.313 e. The number of allylic oxidation sites excluding steroid dienone is 10. The Hall–Kier alpha value is -1.81. The van der Waals surface area contributed by atoms with Crippen LogP contribution >= 0.6 is 11.8 Å². The van der Waals surface area contributed by atoms with Crippen LogP contribution in [0.15, 0.2) is 60.8 Å². The summed E-state index contributed by atoms with van der Waals surface area (Å²) in [4.78, 5) is 22.1. The van der Waals surface area contributed by atoms with E-state index in [0.29, 0.717) is 12.8 Å². The molecular weight excluding hydrogens is 380 g/mol. The number of hydrogen-bond acceptors (Lipinski definition) is 3. The molecule has 162 valence electrons. The summed E-state index contributed by atoms with van der Waals surface area (Å²) in [6.07, 6.45) is 30.7. The highest BCUT2D eigenvalue weighted by atomic mass is 32.2. The number of aliphatic carboxylic acids is 1. The van der Waals surface area contributed by atoms with Gasteiger partial charge in [-0.25, -0.2) is 0 Å². The monoisotopic (exact) mass is 418 g/mol. The maximum atomic E-state index is 11.7. The summed E-state index contributed by atoms with van der Waals surface area (Å²) in [6.45, 7) is 2.15. The van der Waals surface area contributed by atoms with Gasteiger partial charge in [-0.15, -0.1) is 0 Å². The Labute approximate surface area is 181 Å². The van der Waals surface area contributed by atoms with Crippen molar-refractivity contribution in [2.24, 2.45) is 0 Å². The van der Waals surface area contributed by atoms with Crippen molar-refractivity contribution in [1.82, 2.24) is 0 Å². The summed E-state index contributed by atoms with van der Waals surface area (Å²) in [6, 6.07) is 0. The van der Waals surface area contributed by atoms with Crippen LogP contribution in [0.25, 0.3) is 0 Å². The Morgan fingerprint density at radius 2 is 1.21 bits per heavy atom. The minimum atomic E-state index is -0.793. The van der Waals surface area contributed by atoms with Gasteiger partial charge in [-0.05, 0) is 57.1 Å². The molecule has 0 saturated carbocycles. The Kier molecular flexibility index (Phi) is 21.1. The predicted octanol–water partition coefficient (Wildman–Crippen LogP) is 7.08. The first kappa shape index (κ1) is 27.2. The first-order valence-electron chi connectivity index (χ1n) is 10.7. The zero-order valence-corrected chi connectivity index (χ0v) is 18.7. The van der Waals surface area contributed by atoms with E-state index in [0.717, 1.165) is 57.1 Å². The van der Waals surface area contributed by atoms with Crippen LogP contribution in [0.3, 0.4) is 0 Å². The van der Waals surface area contributed by atoms with Crippen LogP contribution in [-0.4, -0.2) is 28.4 Å². The summed E-state index contributed by atoms with van der Waals surface area (Å²) in [7, 11) is 0. The zero-order valence-electron chi connectivity index (χ0n) is 17.9.